The highest BCUT2D eigenvalue weighted by Crippen LogP contribution is 2.14. The molecule has 124 valence electrons. The van der Waals surface area contributed by atoms with E-state index in [1.54, 1.807) is 35.6 Å². The van der Waals surface area contributed by atoms with Gasteiger partial charge in [0.2, 0.25) is 5.91 Å². The molecule has 0 aliphatic heterocycles. The molecule has 0 aliphatic rings. The minimum atomic E-state index is -0.0370. The Labute approximate surface area is 150 Å². The second-order valence-electron chi connectivity index (χ2n) is 5.49. The Bertz CT molecular complexity index is 866. The van der Waals surface area contributed by atoms with Crippen molar-refractivity contribution in [1.82, 2.24) is 0 Å². The molecular formula is C21H17NO2S. The van der Waals surface area contributed by atoms with E-state index in [-0.39, 0.29) is 11.7 Å². The van der Waals surface area contributed by atoms with Gasteiger partial charge in [0, 0.05) is 16.1 Å². The third-order valence-corrected chi connectivity index (χ3v) is 4.47. The summed E-state index contributed by atoms with van der Waals surface area (Å²) < 4.78 is 0. The average Bonchev–Trinajstić information content (AvgIpc) is 3.14. The molecule has 1 N–H and O–H groups in total. The van der Waals surface area contributed by atoms with Gasteiger partial charge in [0.05, 0.1) is 6.42 Å². The van der Waals surface area contributed by atoms with Crippen molar-refractivity contribution in [3.63, 3.8) is 0 Å². The predicted octanol–water partition coefficient (Wildman–Crippen LogP) is 4.83. The number of ketones is 1. The second kappa shape index (κ2) is 8.22. The van der Waals surface area contributed by atoms with Crippen LogP contribution in [0.5, 0.6) is 0 Å². The van der Waals surface area contributed by atoms with E-state index in [9.17, 15) is 9.59 Å². The monoisotopic (exact) mass is 347 g/mol. The molecule has 0 atom stereocenters. The maximum atomic E-state index is 12.0. The first-order valence-corrected chi connectivity index (χ1v) is 8.78. The first-order valence-electron chi connectivity index (χ1n) is 7.90. The van der Waals surface area contributed by atoms with E-state index < -0.39 is 0 Å². The number of nitrogens with one attached hydrogen (secondary N) is 1. The summed E-state index contributed by atoms with van der Waals surface area (Å²) >= 11 is 1.57. The standard InChI is InChI=1S/C21H17NO2S/c23-20(17-5-2-1-3-6-17)13-10-16-8-11-18(12-9-16)22-21(24)15-19-7-4-14-25-19/h1-14H,15H2,(H,22,24)/b13-10+. The third-order valence-electron chi connectivity index (χ3n) is 3.59. The summed E-state index contributed by atoms with van der Waals surface area (Å²) in [5, 5.41) is 4.83. The molecule has 0 aliphatic carbocycles. The summed E-state index contributed by atoms with van der Waals surface area (Å²) in [4.78, 5) is 25.1. The second-order valence-corrected chi connectivity index (χ2v) is 6.52. The zero-order valence-electron chi connectivity index (χ0n) is 13.5. The van der Waals surface area contributed by atoms with E-state index in [2.05, 4.69) is 5.32 Å². The summed E-state index contributed by atoms with van der Waals surface area (Å²) in [6.07, 6.45) is 3.71. The van der Waals surface area contributed by atoms with E-state index >= 15 is 0 Å². The number of rotatable bonds is 6. The lowest BCUT2D eigenvalue weighted by Crippen LogP contribution is -2.13. The summed E-state index contributed by atoms with van der Waals surface area (Å²) in [6.45, 7) is 0. The zero-order chi connectivity index (χ0) is 17.5. The first kappa shape index (κ1) is 16.9. The predicted molar refractivity (Wildman–Crippen MR) is 103 cm³/mol. The molecule has 2 aromatic carbocycles. The van der Waals surface area contributed by atoms with Crippen molar-refractivity contribution in [3.8, 4) is 0 Å². The van der Waals surface area contributed by atoms with Crippen molar-refractivity contribution >= 4 is 34.8 Å². The summed E-state index contributed by atoms with van der Waals surface area (Å²) in [7, 11) is 0. The number of thiophene rings is 1. The molecule has 0 saturated heterocycles. The van der Waals surface area contributed by atoms with Gasteiger partial charge in [-0.2, -0.15) is 0 Å². The highest BCUT2D eigenvalue weighted by atomic mass is 32.1. The van der Waals surface area contributed by atoms with Crippen molar-refractivity contribution in [2.75, 3.05) is 5.32 Å². The Morgan fingerprint density at radius 1 is 0.920 bits per heavy atom. The van der Waals surface area contributed by atoms with Gasteiger partial charge in [0.25, 0.3) is 0 Å². The number of hydrogen-bond acceptors (Lipinski definition) is 3. The number of hydrogen-bond donors (Lipinski definition) is 1. The van der Waals surface area contributed by atoms with Gasteiger partial charge in [-0.1, -0.05) is 54.6 Å². The molecule has 0 fully saturated rings. The van der Waals surface area contributed by atoms with Gasteiger partial charge < -0.3 is 5.32 Å². The van der Waals surface area contributed by atoms with Gasteiger partial charge in [0.15, 0.2) is 5.78 Å². The largest absolute Gasteiger partial charge is 0.326 e. The van der Waals surface area contributed by atoms with Crippen LogP contribution in [0.15, 0.2) is 78.2 Å². The van der Waals surface area contributed by atoms with Crippen LogP contribution < -0.4 is 5.32 Å². The lowest BCUT2D eigenvalue weighted by atomic mass is 10.1. The number of anilines is 1. The van der Waals surface area contributed by atoms with E-state index in [4.69, 9.17) is 0 Å². The Kier molecular flexibility index (Phi) is 5.54. The fraction of sp³-hybridized carbons (Fsp3) is 0.0476. The van der Waals surface area contributed by atoms with Crippen LogP contribution in [-0.2, 0) is 11.2 Å². The Hall–Kier alpha value is -2.98. The van der Waals surface area contributed by atoms with Gasteiger partial charge in [0.1, 0.15) is 0 Å². The highest BCUT2D eigenvalue weighted by Gasteiger charge is 2.05. The van der Waals surface area contributed by atoms with Crippen molar-refractivity contribution in [2.45, 2.75) is 6.42 Å². The van der Waals surface area contributed by atoms with Crippen LogP contribution in [0, 0.1) is 0 Å². The van der Waals surface area contributed by atoms with E-state index in [0.717, 1.165) is 16.1 Å². The summed E-state index contributed by atoms with van der Waals surface area (Å²) in [5.74, 6) is -0.0704. The average molecular weight is 347 g/mol. The number of benzene rings is 2. The number of carbonyl (C=O) groups is 2. The molecule has 0 saturated carbocycles. The molecule has 1 aromatic heterocycles. The third kappa shape index (κ3) is 4.99. The van der Waals surface area contributed by atoms with Crippen LogP contribution in [0.25, 0.3) is 6.08 Å². The molecule has 0 radical (unpaired) electrons. The first-order chi connectivity index (χ1) is 12.2. The van der Waals surface area contributed by atoms with Gasteiger partial charge in [-0.05, 0) is 35.2 Å². The van der Waals surface area contributed by atoms with Crippen LogP contribution in [0.3, 0.4) is 0 Å². The number of carbonyl (C=O) groups excluding carboxylic acids is 2. The smallest absolute Gasteiger partial charge is 0.229 e. The van der Waals surface area contributed by atoms with Crippen LogP contribution in [0.4, 0.5) is 5.69 Å². The minimum Gasteiger partial charge on any atom is -0.326 e. The molecule has 1 heterocycles. The van der Waals surface area contributed by atoms with Crippen LogP contribution in [0.1, 0.15) is 20.8 Å². The minimum absolute atomic E-state index is 0.0334. The van der Waals surface area contributed by atoms with Crippen molar-refractivity contribution < 1.29 is 9.59 Å². The molecule has 0 unspecified atom stereocenters. The van der Waals surface area contributed by atoms with Crippen molar-refractivity contribution in [1.29, 1.82) is 0 Å². The lowest BCUT2D eigenvalue weighted by molar-refractivity contribution is -0.115. The molecule has 1 amide bonds. The van der Waals surface area contributed by atoms with Crippen molar-refractivity contribution in [2.24, 2.45) is 0 Å². The van der Waals surface area contributed by atoms with Gasteiger partial charge in [-0.3, -0.25) is 9.59 Å². The molecule has 25 heavy (non-hydrogen) atoms. The molecule has 0 spiro atoms. The quantitative estimate of drug-likeness (QED) is 0.513. The number of allylic oxidation sites excluding steroid dienone is 1. The van der Waals surface area contributed by atoms with E-state index in [1.807, 2.05) is 60.0 Å². The van der Waals surface area contributed by atoms with Crippen LogP contribution >= 0.6 is 11.3 Å². The Morgan fingerprint density at radius 3 is 2.36 bits per heavy atom. The van der Waals surface area contributed by atoms with Crippen molar-refractivity contribution in [3.05, 3.63) is 94.2 Å². The Morgan fingerprint density at radius 2 is 1.68 bits per heavy atom. The van der Waals surface area contributed by atoms with Gasteiger partial charge in [-0.25, -0.2) is 0 Å². The van der Waals surface area contributed by atoms with E-state index in [0.29, 0.717) is 12.0 Å². The maximum Gasteiger partial charge on any atom is 0.229 e. The number of amides is 1. The molecule has 3 nitrogen and oxygen atoms in total. The SMILES string of the molecule is O=C(Cc1cccs1)Nc1ccc(/C=C/C(=O)c2ccccc2)cc1. The maximum absolute atomic E-state index is 12.0. The molecule has 3 aromatic rings. The fourth-order valence-electron chi connectivity index (χ4n) is 2.32. The summed E-state index contributed by atoms with van der Waals surface area (Å²) in [6, 6.07) is 20.4. The van der Waals surface area contributed by atoms with Crippen LogP contribution in [0.2, 0.25) is 0 Å². The van der Waals surface area contributed by atoms with E-state index in [1.165, 1.54) is 0 Å². The zero-order valence-corrected chi connectivity index (χ0v) is 14.3. The fourth-order valence-corrected chi connectivity index (χ4v) is 3.03. The van der Waals surface area contributed by atoms with Crippen LogP contribution in [-0.4, -0.2) is 11.7 Å². The lowest BCUT2D eigenvalue weighted by Gasteiger charge is -2.04. The molecular weight excluding hydrogens is 330 g/mol. The highest BCUT2D eigenvalue weighted by molar-refractivity contribution is 7.10. The molecule has 4 heteroatoms. The Balaban J connectivity index is 1.57. The molecule has 3 rings (SSSR count). The normalized spacial score (nSPS) is 10.7. The topological polar surface area (TPSA) is 46.2 Å². The molecule has 0 bridgehead atoms. The summed E-state index contributed by atoms with van der Waals surface area (Å²) in [5.41, 5.74) is 2.31. The van der Waals surface area contributed by atoms with Gasteiger partial charge in [-0.15, -0.1) is 11.3 Å². The van der Waals surface area contributed by atoms with Gasteiger partial charge >= 0.3 is 0 Å².